The molecule has 0 aromatic rings. The van der Waals surface area contributed by atoms with Crippen molar-refractivity contribution in [1.82, 2.24) is 0 Å². The Balaban J connectivity index is 2.26. The number of hydrogen-bond acceptors (Lipinski definition) is 0. The molecule has 0 saturated heterocycles. The third-order valence-electron chi connectivity index (χ3n) is 5.44. The second-order valence-corrected chi connectivity index (χ2v) is 6.71. The summed E-state index contributed by atoms with van der Waals surface area (Å²) >= 11 is 0. The van der Waals surface area contributed by atoms with Gasteiger partial charge < -0.3 is 0 Å². The lowest BCUT2D eigenvalue weighted by Gasteiger charge is -2.34. The van der Waals surface area contributed by atoms with Crippen LogP contribution in [0.2, 0.25) is 0 Å². The fraction of sp³-hybridized carbons (Fsp3) is 0.667. The summed E-state index contributed by atoms with van der Waals surface area (Å²) in [6.07, 6.45) is 7.60. The molecule has 0 N–H and O–H groups in total. The van der Waals surface area contributed by atoms with Gasteiger partial charge in [-0.25, -0.2) is 0 Å². The lowest BCUT2D eigenvalue weighted by Crippen LogP contribution is -2.22. The largest absolute Gasteiger partial charge is 0.0781 e. The quantitative estimate of drug-likeness (QED) is 0.532. The molecular formula is C18H28. The van der Waals surface area contributed by atoms with E-state index in [2.05, 4.69) is 53.7 Å². The molecular weight excluding hydrogens is 216 g/mol. The predicted molar refractivity (Wildman–Crippen MR) is 80.4 cm³/mol. The van der Waals surface area contributed by atoms with Crippen LogP contribution >= 0.6 is 0 Å². The van der Waals surface area contributed by atoms with Crippen molar-refractivity contribution in [3.8, 4) is 0 Å². The molecule has 0 aromatic heterocycles. The Hall–Kier alpha value is -0.780. The first-order valence-electron chi connectivity index (χ1n) is 7.46. The van der Waals surface area contributed by atoms with Gasteiger partial charge in [-0.2, -0.15) is 0 Å². The fourth-order valence-electron chi connectivity index (χ4n) is 3.45. The van der Waals surface area contributed by atoms with Crippen LogP contribution in [-0.4, -0.2) is 0 Å². The van der Waals surface area contributed by atoms with Crippen LogP contribution in [0.1, 0.15) is 54.4 Å². The highest BCUT2D eigenvalue weighted by Crippen LogP contribution is 2.41. The normalized spacial score (nSPS) is 37.4. The average Bonchev–Trinajstić information content (AvgIpc) is 2.31. The number of hydrogen-bond donors (Lipinski definition) is 0. The molecule has 18 heavy (non-hydrogen) atoms. The SMILES string of the molecule is CC1=CC(C2=CC(C)=C(C)C(C)C2)CC(C)C1C. The van der Waals surface area contributed by atoms with Gasteiger partial charge in [-0.15, -0.1) is 0 Å². The predicted octanol–water partition coefficient (Wildman–Crippen LogP) is 5.53. The van der Waals surface area contributed by atoms with Gasteiger partial charge in [0.2, 0.25) is 0 Å². The maximum Gasteiger partial charge on any atom is -0.00144 e. The minimum atomic E-state index is 0.696. The van der Waals surface area contributed by atoms with E-state index < -0.39 is 0 Å². The zero-order valence-corrected chi connectivity index (χ0v) is 12.9. The van der Waals surface area contributed by atoms with E-state index in [0.29, 0.717) is 5.92 Å². The smallest absolute Gasteiger partial charge is 0.00144 e. The van der Waals surface area contributed by atoms with Crippen LogP contribution in [0.5, 0.6) is 0 Å². The second-order valence-electron chi connectivity index (χ2n) is 6.71. The molecule has 2 rings (SSSR count). The van der Waals surface area contributed by atoms with Gasteiger partial charge in [0.05, 0.1) is 0 Å². The van der Waals surface area contributed by atoms with Crippen molar-refractivity contribution in [2.45, 2.75) is 54.4 Å². The van der Waals surface area contributed by atoms with Crippen molar-refractivity contribution in [3.63, 3.8) is 0 Å². The van der Waals surface area contributed by atoms with Crippen molar-refractivity contribution in [2.75, 3.05) is 0 Å². The van der Waals surface area contributed by atoms with Crippen molar-refractivity contribution in [2.24, 2.45) is 23.7 Å². The lowest BCUT2D eigenvalue weighted by molar-refractivity contribution is 0.348. The van der Waals surface area contributed by atoms with E-state index in [1.165, 1.54) is 18.4 Å². The minimum absolute atomic E-state index is 0.696. The number of allylic oxidation sites excluding steroid dienone is 6. The first-order valence-corrected chi connectivity index (χ1v) is 7.46. The molecule has 4 unspecified atom stereocenters. The molecule has 0 nitrogen and oxygen atoms in total. The summed E-state index contributed by atoms with van der Waals surface area (Å²) in [6.45, 7) is 14.0. The molecule has 2 aliphatic rings. The second kappa shape index (κ2) is 5.07. The van der Waals surface area contributed by atoms with E-state index in [1.807, 2.05) is 0 Å². The van der Waals surface area contributed by atoms with Crippen LogP contribution in [0.4, 0.5) is 0 Å². The molecule has 0 heteroatoms. The molecule has 100 valence electrons. The Labute approximate surface area is 113 Å². The van der Waals surface area contributed by atoms with Gasteiger partial charge in [0.25, 0.3) is 0 Å². The maximum absolute atomic E-state index is 2.54. The average molecular weight is 244 g/mol. The third-order valence-corrected chi connectivity index (χ3v) is 5.44. The summed E-state index contributed by atoms with van der Waals surface area (Å²) in [4.78, 5) is 0. The minimum Gasteiger partial charge on any atom is -0.0781 e. The monoisotopic (exact) mass is 244 g/mol. The summed E-state index contributed by atoms with van der Waals surface area (Å²) in [6, 6.07) is 0. The number of rotatable bonds is 1. The molecule has 0 amide bonds. The van der Waals surface area contributed by atoms with Crippen molar-refractivity contribution >= 4 is 0 Å². The van der Waals surface area contributed by atoms with Crippen LogP contribution < -0.4 is 0 Å². The topological polar surface area (TPSA) is 0 Å². The molecule has 0 saturated carbocycles. The first-order chi connectivity index (χ1) is 8.40. The Morgan fingerprint density at radius 1 is 1.06 bits per heavy atom. The van der Waals surface area contributed by atoms with Crippen LogP contribution in [0.25, 0.3) is 0 Å². The molecule has 0 heterocycles. The van der Waals surface area contributed by atoms with E-state index in [1.54, 1.807) is 16.7 Å². The summed E-state index contributed by atoms with van der Waals surface area (Å²) in [5.41, 5.74) is 6.35. The van der Waals surface area contributed by atoms with Gasteiger partial charge in [-0.1, -0.05) is 55.2 Å². The highest BCUT2D eigenvalue weighted by atomic mass is 14.3. The summed E-state index contributed by atoms with van der Waals surface area (Å²) in [5, 5.41) is 0. The van der Waals surface area contributed by atoms with Crippen LogP contribution in [0.3, 0.4) is 0 Å². The fourth-order valence-corrected chi connectivity index (χ4v) is 3.45. The van der Waals surface area contributed by atoms with Crippen molar-refractivity contribution in [3.05, 3.63) is 34.4 Å². The molecule has 0 radical (unpaired) electrons. The molecule has 4 atom stereocenters. The summed E-state index contributed by atoms with van der Waals surface area (Å²) in [7, 11) is 0. The zero-order valence-electron chi connectivity index (χ0n) is 12.9. The van der Waals surface area contributed by atoms with E-state index in [-0.39, 0.29) is 0 Å². The van der Waals surface area contributed by atoms with E-state index >= 15 is 0 Å². The standard InChI is InChI=1S/C18H28/c1-11-7-17(8-12(2)15(11)5)18-9-13(3)16(6)14(4)10-18/h7,9,12,14-15,17H,8,10H2,1-6H3. The summed E-state index contributed by atoms with van der Waals surface area (Å²) < 4.78 is 0. The zero-order chi connectivity index (χ0) is 13.4. The lowest BCUT2D eigenvalue weighted by atomic mass is 9.71. The van der Waals surface area contributed by atoms with Crippen LogP contribution in [0, 0.1) is 23.7 Å². The Morgan fingerprint density at radius 3 is 2.28 bits per heavy atom. The maximum atomic E-state index is 2.54. The Kier molecular flexibility index (Phi) is 3.84. The first kappa shape index (κ1) is 13.6. The van der Waals surface area contributed by atoms with Gasteiger partial charge in [-0.05, 0) is 57.3 Å². The molecule has 2 aliphatic carbocycles. The van der Waals surface area contributed by atoms with E-state index in [4.69, 9.17) is 0 Å². The van der Waals surface area contributed by atoms with Crippen molar-refractivity contribution < 1.29 is 0 Å². The van der Waals surface area contributed by atoms with Crippen LogP contribution in [-0.2, 0) is 0 Å². The molecule has 0 spiro atoms. The van der Waals surface area contributed by atoms with E-state index in [0.717, 1.165) is 17.8 Å². The summed E-state index contributed by atoms with van der Waals surface area (Å²) in [5.74, 6) is 3.01. The van der Waals surface area contributed by atoms with Gasteiger partial charge in [0, 0.05) is 0 Å². The Morgan fingerprint density at radius 2 is 1.72 bits per heavy atom. The van der Waals surface area contributed by atoms with Gasteiger partial charge in [0.1, 0.15) is 0 Å². The highest BCUT2D eigenvalue weighted by molar-refractivity contribution is 5.36. The van der Waals surface area contributed by atoms with Crippen LogP contribution in [0.15, 0.2) is 34.4 Å². The molecule has 0 bridgehead atoms. The van der Waals surface area contributed by atoms with Gasteiger partial charge in [-0.3, -0.25) is 0 Å². The van der Waals surface area contributed by atoms with E-state index in [9.17, 15) is 0 Å². The third kappa shape index (κ3) is 2.48. The highest BCUT2D eigenvalue weighted by Gasteiger charge is 2.28. The molecule has 0 fully saturated rings. The van der Waals surface area contributed by atoms with Crippen molar-refractivity contribution in [1.29, 1.82) is 0 Å². The Bertz CT molecular complexity index is 419. The molecule has 0 aliphatic heterocycles. The van der Waals surface area contributed by atoms with Gasteiger partial charge >= 0.3 is 0 Å². The molecule has 0 aromatic carbocycles. The van der Waals surface area contributed by atoms with Gasteiger partial charge in [0.15, 0.2) is 0 Å².